The van der Waals surface area contributed by atoms with Gasteiger partial charge >= 0.3 is 0 Å². The Kier molecular flexibility index (Phi) is 6.45. The number of nitrogens with one attached hydrogen (secondary N) is 1. The molecule has 3 aromatic rings. The van der Waals surface area contributed by atoms with E-state index in [2.05, 4.69) is 4.98 Å². The number of nitrogens with zero attached hydrogens (tertiary/aromatic N) is 3. The smallest absolute Gasteiger partial charge is 0.233 e. The topological polar surface area (TPSA) is 86.4 Å². The fraction of sp³-hybridized carbons (Fsp3) is 0.273. The van der Waals surface area contributed by atoms with Gasteiger partial charge in [-0.25, -0.2) is 13.4 Å². The minimum absolute atomic E-state index is 0.0166. The third-order valence-corrected chi connectivity index (χ3v) is 7.35. The number of carbonyl (C=O) groups is 1. The van der Waals surface area contributed by atoms with Crippen molar-refractivity contribution in [3.63, 3.8) is 0 Å². The Morgan fingerprint density at radius 3 is 2.13 bits per heavy atom. The van der Waals surface area contributed by atoms with E-state index in [1.807, 2.05) is 60.7 Å². The summed E-state index contributed by atoms with van der Waals surface area (Å²) in [5, 5.41) is 0.681. The molecule has 1 amide bonds. The van der Waals surface area contributed by atoms with Gasteiger partial charge in [-0.3, -0.25) is 4.79 Å². The molecule has 0 spiro atoms. The molecule has 1 aliphatic heterocycles. The lowest BCUT2D eigenvalue weighted by molar-refractivity contribution is -0.129. The SMILES string of the molecule is CS(=O)(=O)N1CCN(C(=O)CSc2nc(-c3ccccc3)c(-c3ccccc3)[nH]2)CC1. The molecule has 2 aromatic carbocycles. The van der Waals surface area contributed by atoms with Gasteiger partial charge in [0, 0.05) is 37.3 Å². The number of piperazine rings is 1. The highest BCUT2D eigenvalue weighted by molar-refractivity contribution is 7.99. The lowest BCUT2D eigenvalue weighted by atomic mass is 10.1. The van der Waals surface area contributed by atoms with Crippen molar-refractivity contribution in [2.45, 2.75) is 5.16 Å². The third kappa shape index (κ3) is 5.17. The number of hydrogen-bond donors (Lipinski definition) is 1. The Hall–Kier alpha value is -2.62. The number of rotatable bonds is 6. The average molecular weight is 457 g/mol. The molecular weight excluding hydrogens is 432 g/mol. The first kappa shape index (κ1) is 21.6. The number of aromatic nitrogens is 2. The molecule has 1 saturated heterocycles. The van der Waals surface area contributed by atoms with E-state index in [1.54, 1.807) is 4.90 Å². The third-order valence-electron chi connectivity index (χ3n) is 5.18. The van der Waals surface area contributed by atoms with Crippen LogP contribution < -0.4 is 0 Å². The molecule has 0 radical (unpaired) electrons. The number of benzene rings is 2. The fourth-order valence-corrected chi connectivity index (χ4v) is 5.13. The van der Waals surface area contributed by atoms with Crippen molar-refractivity contribution in [3.05, 3.63) is 60.7 Å². The predicted molar refractivity (Wildman–Crippen MR) is 123 cm³/mol. The summed E-state index contributed by atoms with van der Waals surface area (Å²) in [7, 11) is -3.21. The van der Waals surface area contributed by atoms with E-state index < -0.39 is 10.0 Å². The monoisotopic (exact) mass is 456 g/mol. The molecule has 9 heteroatoms. The van der Waals surface area contributed by atoms with Gasteiger partial charge in [0.05, 0.1) is 23.4 Å². The highest BCUT2D eigenvalue weighted by Gasteiger charge is 2.26. The summed E-state index contributed by atoms with van der Waals surface area (Å²) >= 11 is 1.36. The number of imidazole rings is 1. The van der Waals surface area contributed by atoms with Crippen molar-refractivity contribution in [2.24, 2.45) is 0 Å². The lowest BCUT2D eigenvalue weighted by Crippen LogP contribution is -2.50. The number of sulfonamides is 1. The van der Waals surface area contributed by atoms with Gasteiger partial charge in [0.25, 0.3) is 0 Å². The van der Waals surface area contributed by atoms with Gasteiger partial charge < -0.3 is 9.88 Å². The number of carbonyl (C=O) groups excluding carboxylic acids is 1. The van der Waals surface area contributed by atoms with Crippen molar-refractivity contribution >= 4 is 27.7 Å². The van der Waals surface area contributed by atoms with E-state index in [0.717, 1.165) is 22.5 Å². The van der Waals surface area contributed by atoms with E-state index >= 15 is 0 Å². The highest BCUT2D eigenvalue weighted by Crippen LogP contribution is 2.32. The molecule has 162 valence electrons. The summed E-state index contributed by atoms with van der Waals surface area (Å²) < 4.78 is 24.7. The zero-order chi connectivity index (χ0) is 21.8. The van der Waals surface area contributed by atoms with E-state index in [1.165, 1.54) is 22.3 Å². The van der Waals surface area contributed by atoms with Crippen LogP contribution in [0.5, 0.6) is 0 Å². The first-order chi connectivity index (χ1) is 14.9. The quantitative estimate of drug-likeness (QED) is 0.577. The summed E-state index contributed by atoms with van der Waals surface area (Å²) in [6.07, 6.45) is 1.20. The molecule has 31 heavy (non-hydrogen) atoms. The van der Waals surface area contributed by atoms with Crippen LogP contribution in [0.4, 0.5) is 0 Å². The molecule has 1 fully saturated rings. The number of aromatic amines is 1. The zero-order valence-electron chi connectivity index (χ0n) is 17.2. The highest BCUT2D eigenvalue weighted by atomic mass is 32.2. The maximum atomic E-state index is 12.7. The lowest BCUT2D eigenvalue weighted by Gasteiger charge is -2.33. The van der Waals surface area contributed by atoms with Crippen LogP contribution in [0.15, 0.2) is 65.8 Å². The maximum Gasteiger partial charge on any atom is 0.233 e. The molecular formula is C22H24N4O3S2. The van der Waals surface area contributed by atoms with Crippen LogP contribution in [-0.4, -0.2) is 71.7 Å². The van der Waals surface area contributed by atoms with Crippen molar-refractivity contribution in [1.82, 2.24) is 19.2 Å². The normalized spacial score (nSPS) is 15.2. The van der Waals surface area contributed by atoms with Crippen LogP contribution >= 0.6 is 11.8 Å². The summed E-state index contributed by atoms with van der Waals surface area (Å²) in [6.45, 7) is 1.50. The minimum Gasteiger partial charge on any atom is -0.339 e. The van der Waals surface area contributed by atoms with Gasteiger partial charge in [-0.2, -0.15) is 4.31 Å². The van der Waals surface area contributed by atoms with Gasteiger partial charge in [-0.05, 0) is 0 Å². The van der Waals surface area contributed by atoms with Gasteiger partial charge in [0.2, 0.25) is 15.9 Å². The number of H-pyrrole nitrogens is 1. The molecule has 0 atom stereocenters. The van der Waals surface area contributed by atoms with Gasteiger partial charge in [-0.15, -0.1) is 0 Å². The average Bonchev–Trinajstić information content (AvgIpc) is 3.22. The van der Waals surface area contributed by atoms with Crippen LogP contribution in [0.1, 0.15) is 0 Å². The summed E-state index contributed by atoms with van der Waals surface area (Å²) in [5.74, 6) is 0.228. The number of amides is 1. The van der Waals surface area contributed by atoms with E-state index in [-0.39, 0.29) is 11.7 Å². The van der Waals surface area contributed by atoms with Crippen LogP contribution in [-0.2, 0) is 14.8 Å². The Balaban J connectivity index is 1.47. The second kappa shape index (κ2) is 9.25. The Bertz CT molecular complexity index is 1080. The Morgan fingerprint density at radius 1 is 0.968 bits per heavy atom. The van der Waals surface area contributed by atoms with Crippen molar-refractivity contribution in [3.8, 4) is 22.5 Å². The van der Waals surface area contributed by atoms with Crippen LogP contribution in [0.25, 0.3) is 22.5 Å². The minimum atomic E-state index is -3.21. The Labute approximate surface area is 186 Å². The molecule has 1 N–H and O–H groups in total. The largest absolute Gasteiger partial charge is 0.339 e. The van der Waals surface area contributed by atoms with Gasteiger partial charge in [0.1, 0.15) is 0 Å². The molecule has 7 nitrogen and oxygen atoms in total. The molecule has 0 unspecified atom stereocenters. The molecule has 0 aliphatic carbocycles. The standard InChI is InChI=1S/C22H24N4O3S2/c1-31(28,29)26-14-12-25(13-15-26)19(27)16-30-22-23-20(17-8-4-2-5-9-17)21(24-22)18-10-6-3-7-11-18/h2-11H,12-16H2,1H3,(H,23,24). The second-order valence-electron chi connectivity index (χ2n) is 7.33. The zero-order valence-corrected chi connectivity index (χ0v) is 18.8. The molecule has 1 aromatic heterocycles. The summed E-state index contributed by atoms with van der Waals surface area (Å²) in [6, 6.07) is 20.0. The van der Waals surface area contributed by atoms with Crippen LogP contribution in [0, 0.1) is 0 Å². The van der Waals surface area contributed by atoms with E-state index in [9.17, 15) is 13.2 Å². The maximum absolute atomic E-state index is 12.7. The number of thioether (sulfide) groups is 1. The van der Waals surface area contributed by atoms with Crippen LogP contribution in [0.2, 0.25) is 0 Å². The fourth-order valence-electron chi connectivity index (χ4n) is 3.53. The molecule has 0 bridgehead atoms. The predicted octanol–water partition coefficient (Wildman–Crippen LogP) is 2.94. The van der Waals surface area contributed by atoms with E-state index in [0.29, 0.717) is 31.3 Å². The molecule has 1 aliphatic rings. The molecule has 4 rings (SSSR count). The van der Waals surface area contributed by atoms with Crippen molar-refractivity contribution in [2.75, 3.05) is 38.2 Å². The van der Waals surface area contributed by atoms with Crippen molar-refractivity contribution in [1.29, 1.82) is 0 Å². The first-order valence-corrected chi connectivity index (χ1v) is 12.8. The van der Waals surface area contributed by atoms with Gasteiger partial charge in [-0.1, -0.05) is 72.4 Å². The Morgan fingerprint density at radius 2 is 1.55 bits per heavy atom. The summed E-state index contributed by atoms with van der Waals surface area (Å²) in [4.78, 5) is 22.5. The van der Waals surface area contributed by atoms with Crippen LogP contribution in [0.3, 0.4) is 0 Å². The second-order valence-corrected chi connectivity index (χ2v) is 10.3. The molecule has 0 saturated carbocycles. The van der Waals surface area contributed by atoms with E-state index in [4.69, 9.17) is 4.98 Å². The number of hydrogen-bond acceptors (Lipinski definition) is 5. The van der Waals surface area contributed by atoms with Gasteiger partial charge in [0.15, 0.2) is 5.16 Å². The molecule has 2 heterocycles. The first-order valence-electron chi connectivity index (χ1n) is 9.98. The van der Waals surface area contributed by atoms with Crippen molar-refractivity contribution < 1.29 is 13.2 Å². The summed E-state index contributed by atoms with van der Waals surface area (Å²) in [5.41, 5.74) is 3.81.